The van der Waals surface area contributed by atoms with Gasteiger partial charge in [-0.3, -0.25) is 14.4 Å². The van der Waals surface area contributed by atoms with Crippen molar-refractivity contribution in [2.75, 3.05) is 19.0 Å². The number of ketones is 1. The second-order valence-electron chi connectivity index (χ2n) is 9.47. The summed E-state index contributed by atoms with van der Waals surface area (Å²) in [4.78, 5) is 41.3. The Morgan fingerprint density at radius 1 is 1.00 bits per heavy atom. The van der Waals surface area contributed by atoms with Crippen LogP contribution in [0.1, 0.15) is 29.8 Å². The largest absolute Gasteiger partial charge is 0.481 e. The number of methoxy groups -OCH3 is 1. The van der Waals surface area contributed by atoms with E-state index < -0.39 is 11.5 Å². The lowest BCUT2D eigenvalue weighted by atomic mass is 10.00. The number of nitrogens with one attached hydrogen (secondary N) is 2. The maximum Gasteiger partial charge on any atom is 0.279 e. The summed E-state index contributed by atoms with van der Waals surface area (Å²) in [6.07, 6.45) is 1.38. The minimum absolute atomic E-state index is 0.0592. The van der Waals surface area contributed by atoms with Crippen LogP contribution in [0.4, 0.5) is 5.69 Å². The van der Waals surface area contributed by atoms with Gasteiger partial charge in [0.05, 0.1) is 28.5 Å². The Labute approximate surface area is 247 Å². The number of halogens is 2. The van der Waals surface area contributed by atoms with Crippen molar-refractivity contribution in [2.24, 2.45) is 13.0 Å². The van der Waals surface area contributed by atoms with E-state index in [-0.39, 0.29) is 22.3 Å². The maximum absolute atomic E-state index is 12.8. The van der Waals surface area contributed by atoms with Gasteiger partial charge in [-0.1, -0.05) is 66.5 Å². The molecule has 0 saturated heterocycles. The molecule has 0 unspecified atom stereocenters. The fraction of sp³-hybridized carbons (Fsp3) is 0.233. The van der Waals surface area contributed by atoms with Gasteiger partial charge >= 0.3 is 0 Å². The number of nitrogens with zero attached hydrogens (tertiary/aromatic N) is 3. The van der Waals surface area contributed by atoms with Crippen molar-refractivity contribution >= 4 is 40.6 Å². The van der Waals surface area contributed by atoms with Crippen LogP contribution >= 0.6 is 23.2 Å². The highest BCUT2D eigenvalue weighted by Crippen LogP contribution is 2.41. The van der Waals surface area contributed by atoms with Gasteiger partial charge in [-0.05, 0) is 25.1 Å². The number of aromatic nitrogens is 3. The molecule has 0 bridgehead atoms. The predicted molar refractivity (Wildman–Crippen MR) is 161 cm³/mol. The molecule has 1 amide bonds. The number of aryl methyl sites for hydroxylation is 1. The van der Waals surface area contributed by atoms with Gasteiger partial charge in [0.25, 0.3) is 11.5 Å². The summed E-state index contributed by atoms with van der Waals surface area (Å²) >= 11 is 13.6. The quantitative estimate of drug-likeness (QED) is 0.253. The molecule has 212 valence electrons. The van der Waals surface area contributed by atoms with Crippen molar-refractivity contribution in [3.05, 3.63) is 92.3 Å². The highest BCUT2D eigenvalue weighted by atomic mass is 35.5. The normalized spacial score (nSPS) is 11.7. The lowest BCUT2D eigenvalue weighted by Gasteiger charge is -2.15. The van der Waals surface area contributed by atoms with E-state index in [1.54, 1.807) is 32.2 Å². The van der Waals surface area contributed by atoms with E-state index in [0.29, 0.717) is 52.1 Å². The summed E-state index contributed by atoms with van der Waals surface area (Å²) in [5.74, 6) is -0.123. The first-order valence-corrected chi connectivity index (χ1v) is 13.5. The number of amides is 1. The summed E-state index contributed by atoms with van der Waals surface area (Å²) in [5.41, 5.74) is 3.07. The standard InChI is InChI=1S/C30H29Cl2N5O4/c1-17(18(2)38)15-33-16-19-11-12-24(36-29(19)41-4)22-9-5-7-20(26(22)31)21-8-6-10-25(27(21)32)35-28(39)23-13-14-34-37(3)30(23)40/h5-14,17,33H,15-16H2,1-4H3,(H,35,39)/t17-/m0/s1. The summed E-state index contributed by atoms with van der Waals surface area (Å²) in [6, 6.07) is 15.8. The Balaban J connectivity index is 1.62. The van der Waals surface area contributed by atoms with Gasteiger partial charge < -0.3 is 15.4 Å². The minimum atomic E-state index is -0.603. The summed E-state index contributed by atoms with van der Waals surface area (Å²) in [5, 5.41) is 10.5. The Hall–Kier alpha value is -4.05. The first kappa shape index (κ1) is 29.9. The molecule has 4 rings (SSSR count). The molecule has 2 heterocycles. The highest BCUT2D eigenvalue weighted by Gasteiger charge is 2.19. The van der Waals surface area contributed by atoms with E-state index in [4.69, 9.17) is 27.9 Å². The SMILES string of the molecule is COc1nc(-c2cccc(-c3cccc(NC(=O)c4ccnn(C)c4=O)c3Cl)c2Cl)ccc1CNC[C@H](C)C(C)=O. The van der Waals surface area contributed by atoms with E-state index in [9.17, 15) is 14.4 Å². The molecule has 0 aliphatic rings. The smallest absolute Gasteiger partial charge is 0.279 e. The fourth-order valence-corrected chi connectivity index (χ4v) is 4.74. The number of carbonyl (C=O) groups excluding carboxylic acids is 2. The molecule has 41 heavy (non-hydrogen) atoms. The molecule has 0 radical (unpaired) electrons. The summed E-state index contributed by atoms with van der Waals surface area (Å²) in [7, 11) is 3.01. The van der Waals surface area contributed by atoms with Gasteiger partial charge in [-0.2, -0.15) is 5.10 Å². The molecule has 4 aromatic rings. The van der Waals surface area contributed by atoms with Crippen LogP contribution in [0.5, 0.6) is 5.88 Å². The van der Waals surface area contributed by atoms with Crippen LogP contribution in [0.25, 0.3) is 22.4 Å². The number of benzene rings is 2. The van der Waals surface area contributed by atoms with Crippen LogP contribution in [0.3, 0.4) is 0 Å². The van der Waals surface area contributed by atoms with Crippen LogP contribution in [-0.2, 0) is 18.4 Å². The molecule has 2 aromatic heterocycles. The zero-order valence-corrected chi connectivity index (χ0v) is 24.5. The van der Waals surface area contributed by atoms with Crippen LogP contribution in [0.2, 0.25) is 10.0 Å². The van der Waals surface area contributed by atoms with E-state index in [1.165, 1.54) is 19.3 Å². The van der Waals surface area contributed by atoms with Gasteiger partial charge in [-0.25, -0.2) is 9.67 Å². The lowest BCUT2D eigenvalue weighted by molar-refractivity contribution is -0.120. The van der Waals surface area contributed by atoms with Crippen molar-refractivity contribution in [3.8, 4) is 28.3 Å². The minimum Gasteiger partial charge on any atom is -0.481 e. The monoisotopic (exact) mass is 593 g/mol. The molecule has 11 heteroatoms. The van der Waals surface area contributed by atoms with Gasteiger partial charge in [0.2, 0.25) is 5.88 Å². The third kappa shape index (κ3) is 6.65. The number of hydrogen-bond acceptors (Lipinski definition) is 7. The Bertz CT molecular complexity index is 1670. The van der Waals surface area contributed by atoms with Crippen molar-refractivity contribution in [1.82, 2.24) is 20.1 Å². The number of anilines is 1. The zero-order chi connectivity index (χ0) is 29.7. The molecule has 2 aromatic carbocycles. The fourth-order valence-electron chi connectivity index (χ4n) is 4.14. The molecule has 0 aliphatic carbocycles. The number of Topliss-reactive ketones (excluding diaryl/α,β-unsaturated/α-hetero) is 1. The topological polar surface area (TPSA) is 115 Å². The number of pyridine rings is 1. The highest BCUT2D eigenvalue weighted by molar-refractivity contribution is 6.39. The molecule has 0 fully saturated rings. The lowest BCUT2D eigenvalue weighted by Crippen LogP contribution is -2.28. The molecule has 0 saturated carbocycles. The van der Waals surface area contributed by atoms with Gasteiger partial charge in [0.15, 0.2) is 0 Å². The van der Waals surface area contributed by atoms with Crippen molar-refractivity contribution in [2.45, 2.75) is 20.4 Å². The second kappa shape index (κ2) is 13.1. The van der Waals surface area contributed by atoms with Crippen LogP contribution in [-0.4, -0.2) is 40.1 Å². The van der Waals surface area contributed by atoms with Crippen LogP contribution in [0, 0.1) is 5.92 Å². The Morgan fingerprint density at radius 3 is 2.39 bits per heavy atom. The van der Waals surface area contributed by atoms with Crippen LogP contribution in [0.15, 0.2) is 65.6 Å². The van der Waals surface area contributed by atoms with E-state index >= 15 is 0 Å². The second-order valence-corrected chi connectivity index (χ2v) is 10.2. The summed E-state index contributed by atoms with van der Waals surface area (Å²) in [6.45, 7) is 4.49. The molecule has 2 N–H and O–H groups in total. The predicted octanol–water partition coefficient (Wildman–Crippen LogP) is 5.39. The zero-order valence-electron chi connectivity index (χ0n) is 23.0. The average Bonchev–Trinajstić information content (AvgIpc) is 2.96. The van der Waals surface area contributed by atoms with Gasteiger partial charge in [-0.15, -0.1) is 0 Å². The first-order valence-electron chi connectivity index (χ1n) is 12.8. The van der Waals surface area contributed by atoms with Gasteiger partial charge in [0, 0.05) is 54.5 Å². The number of rotatable bonds is 10. The molecular weight excluding hydrogens is 565 g/mol. The van der Waals surface area contributed by atoms with E-state index in [0.717, 1.165) is 10.2 Å². The van der Waals surface area contributed by atoms with Crippen LogP contribution < -0.4 is 20.9 Å². The Morgan fingerprint density at radius 2 is 1.68 bits per heavy atom. The van der Waals surface area contributed by atoms with Crippen molar-refractivity contribution in [3.63, 3.8) is 0 Å². The van der Waals surface area contributed by atoms with Crippen molar-refractivity contribution < 1.29 is 14.3 Å². The maximum atomic E-state index is 12.8. The third-order valence-electron chi connectivity index (χ3n) is 6.65. The molecule has 1 atom stereocenters. The van der Waals surface area contributed by atoms with Gasteiger partial charge in [0.1, 0.15) is 11.3 Å². The Kier molecular flexibility index (Phi) is 9.54. The number of hydrogen-bond donors (Lipinski definition) is 2. The third-order valence-corrected chi connectivity index (χ3v) is 7.47. The molecular formula is C30H29Cl2N5O4. The molecule has 9 nitrogen and oxygen atoms in total. The molecule has 0 spiro atoms. The van der Waals surface area contributed by atoms with E-state index in [2.05, 4.69) is 20.7 Å². The van der Waals surface area contributed by atoms with Crippen molar-refractivity contribution in [1.29, 1.82) is 0 Å². The number of ether oxygens (including phenoxy) is 1. The first-order chi connectivity index (χ1) is 19.6. The summed E-state index contributed by atoms with van der Waals surface area (Å²) < 4.78 is 6.62. The molecule has 0 aliphatic heterocycles. The van der Waals surface area contributed by atoms with E-state index in [1.807, 2.05) is 37.3 Å². The number of carbonyl (C=O) groups is 2. The average molecular weight is 594 g/mol.